The smallest absolute Gasteiger partial charge is 0.258 e. The van der Waals surface area contributed by atoms with Crippen LogP contribution in [0.1, 0.15) is 0 Å². The maximum absolute atomic E-state index is 11.7. The summed E-state index contributed by atoms with van der Waals surface area (Å²) in [5.41, 5.74) is -4.09. The number of hydrogen-bond donors (Lipinski definition) is 1. The van der Waals surface area contributed by atoms with E-state index in [4.69, 9.17) is 0 Å². The molecule has 0 saturated heterocycles. The summed E-state index contributed by atoms with van der Waals surface area (Å²) in [6.45, 7) is 0. The minimum absolute atomic E-state index is 0.431. The predicted molar refractivity (Wildman–Crippen MR) is 72.6 cm³/mol. The minimum Gasteiger partial charge on any atom is -0.258 e. The van der Waals surface area contributed by atoms with E-state index in [0.717, 1.165) is 14.1 Å². The Kier molecular flexibility index (Phi) is 4.58. The van der Waals surface area contributed by atoms with Crippen LogP contribution in [-0.2, 0) is 10.2 Å². The van der Waals surface area contributed by atoms with Gasteiger partial charge in [-0.15, -0.1) is 0 Å². The Balaban J connectivity index is 3.70. The first kappa shape index (κ1) is 17.2. The zero-order valence-corrected chi connectivity index (χ0v) is 11.9. The SMILES string of the molecule is CN(C)S(=O)(=O)Nc1c([N+](=O)[O-])cc([N+](=O)[O-])cc1[N+](=O)[O-]. The van der Waals surface area contributed by atoms with Crippen LogP contribution in [0.15, 0.2) is 12.1 Å². The molecular formula is C8H9N5O8S. The third-order valence-electron chi connectivity index (χ3n) is 2.40. The van der Waals surface area contributed by atoms with Gasteiger partial charge in [0.1, 0.15) is 0 Å². The van der Waals surface area contributed by atoms with Crippen molar-refractivity contribution in [1.82, 2.24) is 4.31 Å². The lowest BCUT2D eigenvalue weighted by atomic mass is 10.2. The summed E-state index contributed by atoms with van der Waals surface area (Å²) >= 11 is 0. The molecule has 1 aromatic rings. The molecule has 0 amide bonds. The number of hydrogen-bond acceptors (Lipinski definition) is 8. The number of rotatable bonds is 6. The fraction of sp³-hybridized carbons (Fsp3) is 0.250. The number of nitrogens with one attached hydrogen (secondary N) is 1. The van der Waals surface area contributed by atoms with Gasteiger partial charge in [0, 0.05) is 14.1 Å². The number of nitrogens with zero attached hydrogens (tertiary/aromatic N) is 4. The van der Waals surface area contributed by atoms with E-state index in [9.17, 15) is 38.8 Å². The van der Waals surface area contributed by atoms with Crippen LogP contribution < -0.4 is 4.72 Å². The molecule has 0 heterocycles. The lowest BCUT2D eigenvalue weighted by Crippen LogP contribution is -2.29. The van der Waals surface area contributed by atoms with Crippen LogP contribution in [0.2, 0.25) is 0 Å². The van der Waals surface area contributed by atoms with Gasteiger partial charge in [-0.2, -0.15) is 12.7 Å². The van der Waals surface area contributed by atoms with Crippen molar-refractivity contribution in [2.24, 2.45) is 0 Å². The standard InChI is InChI=1S/C8H9N5O8S/c1-10(2)22(20,21)9-8-6(12(16)17)3-5(11(14)15)4-7(8)13(18)19/h3-4,9H,1-2H3. The number of non-ortho nitro benzene ring substituents is 1. The Labute approximate surface area is 122 Å². The summed E-state index contributed by atoms with van der Waals surface area (Å²) in [6, 6.07) is 0.862. The number of anilines is 1. The highest BCUT2D eigenvalue weighted by molar-refractivity contribution is 7.90. The highest BCUT2D eigenvalue weighted by Crippen LogP contribution is 2.38. The van der Waals surface area contributed by atoms with Gasteiger partial charge in [-0.25, -0.2) is 0 Å². The maximum atomic E-state index is 11.7. The molecule has 0 spiro atoms. The fourth-order valence-electron chi connectivity index (χ4n) is 1.32. The van der Waals surface area contributed by atoms with Gasteiger partial charge in [0.05, 0.1) is 26.9 Å². The number of benzene rings is 1. The van der Waals surface area contributed by atoms with Gasteiger partial charge in [-0.3, -0.25) is 35.1 Å². The third-order valence-corrected chi connectivity index (χ3v) is 3.82. The van der Waals surface area contributed by atoms with Gasteiger partial charge in [0.15, 0.2) is 0 Å². The van der Waals surface area contributed by atoms with Crippen molar-refractivity contribution in [3.05, 3.63) is 42.5 Å². The van der Waals surface area contributed by atoms with Crippen LogP contribution in [0, 0.1) is 30.3 Å². The average molecular weight is 335 g/mol. The molecule has 0 aliphatic carbocycles. The summed E-state index contributed by atoms with van der Waals surface area (Å²) < 4.78 is 25.7. The summed E-state index contributed by atoms with van der Waals surface area (Å²) in [5.74, 6) is 0. The second-order valence-electron chi connectivity index (χ2n) is 4.02. The first-order chi connectivity index (χ1) is 9.97. The first-order valence-corrected chi connectivity index (χ1v) is 6.73. The van der Waals surface area contributed by atoms with Crippen LogP contribution in [0.5, 0.6) is 0 Å². The average Bonchev–Trinajstić information content (AvgIpc) is 2.37. The molecule has 13 nitrogen and oxygen atoms in total. The van der Waals surface area contributed by atoms with Crippen LogP contribution in [0.3, 0.4) is 0 Å². The molecule has 120 valence electrons. The van der Waals surface area contributed by atoms with Gasteiger partial charge >= 0.3 is 21.6 Å². The normalized spacial score (nSPS) is 11.2. The molecule has 1 rings (SSSR count). The second kappa shape index (κ2) is 5.86. The third kappa shape index (κ3) is 3.41. The van der Waals surface area contributed by atoms with E-state index in [2.05, 4.69) is 0 Å². The fourth-order valence-corrected chi connectivity index (χ4v) is 1.97. The number of nitro groups is 3. The van der Waals surface area contributed by atoms with Crippen molar-refractivity contribution in [2.45, 2.75) is 0 Å². The molecule has 14 heteroatoms. The summed E-state index contributed by atoms with van der Waals surface area (Å²) in [7, 11) is -2.11. The van der Waals surface area contributed by atoms with E-state index in [1.165, 1.54) is 0 Å². The van der Waals surface area contributed by atoms with Crippen molar-refractivity contribution in [3.63, 3.8) is 0 Å². The molecule has 0 fully saturated rings. The van der Waals surface area contributed by atoms with Crippen LogP contribution in [-0.4, -0.2) is 41.6 Å². The molecular weight excluding hydrogens is 326 g/mol. The van der Waals surface area contributed by atoms with Crippen LogP contribution >= 0.6 is 0 Å². The Morgan fingerprint density at radius 1 is 0.955 bits per heavy atom. The molecule has 0 aromatic heterocycles. The second-order valence-corrected chi connectivity index (χ2v) is 5.90. The Morgan fingerprint density at radius 2 is 1.36 bits per heavy atom. The van der Waals surface area contributed by atoms with E-state index in [1.54, 1.807) is 4.72 Å². The van der Waals surface area contributed by atoms with E-state index in [-0.39, 0.29) is 0 Å². The summed E-state index contributed by atoms with van der Waals surface area (Å²) in [5, 5.41) is 32.5. The van der Waals surface area contributed by atoms with E-state index in [1.807, 2.05) is 0 Å². The molecule has 0 aliphatic rings. The van der Waals surface area contributed by atoms with Crippen LogP contribution in [0.4, 0.5) is 22.7 Å². The largest absolute Gasteiger partial charge is 0.307 e. The van der Waals surface area contributed by atoms with Crippen molar-refractivity contribution < 1.29 is 23.2 Å². The lowest BCUT2D eigenvalue weighted by molar-refractivity contribution is -0.401. The van der Waals surface area contributed by atoms with Gasteiger partial charge in [0.25, 0.3) is 5.69 Å². The lowest BCUT2D eigenvalue weighted by Gasteiger charge is -2.13. The van der Waals surface area contributed by atoms with E-state index in [0.29, 0.717) is 16.4 Å². The van der Waals surface area contributed by atoms with E-state index >= 15 is 0 Å². The van der Waals surface area contributed by atoms with Crippen molar-refractivity contribution in [1.29, 1.82) is 0 Å². The van der Waals surface area contributed by atoms with Gasteiger partial charge in [0.2, 0.25) is 5.69 Å². The summed E-state index contributed by atoms with van der Waals surface area (Å²) in [4.78, 5) is 29.2. The molecule has 1 aromatic carbocycles. The highest BCUT2D eigenvalue weighted by Gasteiger charge is 2.33. The molecule has 0 atom stereocenters. The molecule has 22 heavy (non-hydrogen) atoms. The highest BCUT2D eigenvalue weighted by atomic mass is 32.2. The van der Waals surface area contributed by atoms with Crippen molar-refractivity contribution in [2.75, 3.05) is 18.8 Å². The molecule has 0 radical (unpaired) electrons. The van der Waals surface area contributed by atoms with Crippen molar-refractivity contribution in [3.8, 4) is 0 Å². The number of nitro benzene ring substituents is 3. The van der Waals surface area contributed by atoms with E-state index < -0.39 is 47.7 Å². The van der Waals surface area contributed by atoms with Gasteiger partial charge < -0.3 is 0 Å². The minimum atomic E-state index is -4.29. The Morgan fingerprint density at radius 3 is 1.64 bits per heavy atom. The zero-order chi connectivity index (χ0) is 17.2. The van der Waals surface area contributed by atoms with Gasteiger partial charge in [-0.1, -0.05) is 0 Å². The Hall–Kier alpha value is -2.87. The molecule has 0 bridgehead atoms. The molecule has 1 N–H and O–H groups in total. The molecule has 0 unspecified atom stereocenters. The molecule has 0 saturated carbocycles. The summed E-state index contributed by atoms with van der Waals surface area (Å²) in [6.07, 6.45) is 0. The Bertz CT molecular complexity index is 723. The van der Waals surface area contributed by atoms with Gasteiger partial charge in [-0.05, 0) is 0 Å². The molecule has 0 aliphatic heterocycles. The monoisotopic (exact) mass is 335 g/mol. The maximum Gasteiger partial charge on any atom is 0.307 e. The predicted octanol–water partition coefficient (Wildman–Crippen LogP) is 0.630. The topological polar surface area (TPSA) is 179 Å². The zero-order valence-electron chi connectivity index (χ0n) is 11.1. The van der Waals surface area contributed by atoms with Crippen LogP contribution in [0.25, 0.3) is 0 Å². The first-order valence-electron chi connectivity index (χ1n) is 5.29. The van der Waals surface area contributed by atoms with Crippen molar-refractivity contribution >= 4 is 33.0 Å². The quantitative estimate of drug-likeness (QED) is 0.580.